The molecule has 1 atom stereocenters. The van der Waals surface area contributed by atoms with E-state index < -0.39 is 0 Å². The Morgan fingerprint density at radius 2 is 2.46 bits per heavy atom. The van der Waals surface area contributed by atoms with Gasteiger partial charge in [-0.2, -0.15) is 0 Å². The molecule has 72 valence electrons. The van der Waals surface area contributed by atoms with Crippen molar-refractivity contribution in [1.29, 1.82) is 5.41 Å². The zero-order valence-corrected chi connectivity index (χ0v) is 8.65. The fraction of sp³-hybridized carbons (Fsp3) is 0.444. The lowest BCUT2D eigenvalue weighted by atomic mass is 10.3. The van der Waals surface area contributed by atoms with Gasteiger partial charge in [-0.15, -0.1) is 11.8 Å². The molecule has 3 nitrogen and oxygen atoms in total. The maximum Gasteiger partial charge on any atom is 0.114 e. The van der Waals surface area contributed by atoms with Gasteiger partial charge in [-0.05, 0) is 13.0 Å². The molecular formula is C9H14N2OS. The fourth-order valence-corrected chi connectivity index (χ4v) is 2.11. The number of nitrogens with one attached hydrogen (secondary N) is 1. The highest BCUT2D eigenvalue weighted by molar-refractivity contribution is 8.00. The third-order valence-corrected chi connectivity index (χ3v) is 2.89. The number of hydrogen-bond acceptors (Lipinski definition) is 3. The van der Waals surface area contributed by atoms with Crippen molar-refractivity contribution in [1.82, 2.24) is 0 Å². The maximum atomic E-state index is 7.15. The van der Waals surface area contributed by atoms with Crippen molar-refractivity contribution in [2.45, 2.75) is 30.4 Å². The lowest BCUT2D eigenvalue weighted by Crippen LogP contribution is -2.14. The van der Waals surface area contributed by atoms with Gasteiger partial charge in [-0.25, -0.2) is 0 Å². The summed E-state index contributed by atoms with van der Waals surface area (Å²) in [4.78, 5) is 1.13. The van der Waals surface area contributed by atoms with E-state index in [2.05, 4.69) is 6.92 Å². The molecule has 0 aliphatic rings. The van der Waals surface area contributed by atoms with Gasteiger partial charge in [0.1, 0.15) is 5.76 Å². The molecule has 0 saturated carbocycles. The van der Waals surface area contributed by atoms with Gasteiger partial charge in [-0.3, -0.25) is 5.41 Å². The van der Waals surface area contributed by atoms with E-state index in [9.17, 15) is 0 Å². The third-order valence-electron chi connectivity index (χ3n) is 1.65. The highest BCUT2D eigenvalue weighted by Crippen LogP contribution is 2.28. The molecule has 0 aliphatic carbocycles. The van der Waals surface area contributed by atoms with Gasteiger partial charge in [0.05, 0.1) is 12.1 Å². The van der Waals surface area contributed by atoms with Gasteiger partial charge in [0.15, 0.2) is 0 Å². The van der Waals surface area contributed by atoms with Crippen molar-refractivity contribution < 1.29 is 4.42 Å². The van der Waals surface area contributed by atoms with Crippen LogP contribution in [0.15, 0.2) is 21.6 Å². The molecule has 1 unspecified atom stereocenters. The van der Waals surface area contributed by atoms with Crippen LogP contribution in [0.5, 0.6) is 0 Å². The van der Waals surface area contributed by atoms with Gasteiger partial charge in [0.25, 0.3) is 0 Å². The van der Waals surface area contributed by atoms with Crippen LogP contribution in [0, 0.1) is 12.3 Å². The minimum Gasteiger partial charge on any atom is -0.468 e. The Morgan fingerprint density at radius 1 is 1.77 bits per heavy atom. The SMILES string of the molecule is Cc1occc1SC(C)CC(=N)N. The predicted octanol–water partition coefficient (Wildman–Crippen LogP) is 2.39. The fourth-order valence-electron chi connectivity index (χ4n) is 1.06. The summed E-state index contributed by atoms with van der Waals surface area (Å²) >= 11 is 1.69. The molecule has 0 aromatic carbocycles. The van der Waals surface area contributed by atoms with Gasteiger partial charge < -0.3 is 10.2 Å². The summed E-state index contributed by atoms with van der Waals surface area (Å²) in [5, 5.41) is 7.48. The van der Waals surface area contributed by atoms with Crippen LogP contribution in [0.3, 0.4) is 0 Å². The zero-order valence-electron chi connectivity index (χ0n) is 7.83. The van der Waals surface area contributed by atoms with Gasteiger partial charge >= 0.3 is 0 Å². The Hall–Kier alpha value is -0.900. The Bertz CT molecular complexity index is 296. The van der Waals surface area contributed by atoms with Crippen LogP contribution >= 0.6 is 11.8 Å². The largest absolute Gasteiger partial charge is 0.468 e. The third kappa shape index (κ3) is 3.14. The molecule has 0 bridgehead atoms. The second-order valence-electron chi connectivity index (χ2n) is 3.00. The topological polar surface area (TPSA) is 63.0 Å². The lowest BCUT2D eigenvalue weighted by molar-refractivity contribution is 0.527. The van der Waals surface area contributed by atoms with Crippen molar-refractivity contribution in [2.75, 3.05) is 0 Å². The first-order chi connectivity index (χ1) is 6.09. The summed E-state index contributed by atoms with van der Waals surface area (Å²) in [5.41, 5.74) is 5.31. The van der Waals surface area contributed by atoms with Crippen molar-refractivity contribution >= 4 is 17.6 Å². The summed E-state index contributed by atoms with van der Waals surface area (Å²) in [6, 6.07) is 1.94. The molecule has 0 aliphatic heterocycles. The first kappa shape index (κ1) is 10.2. The minimum atomic E-state index is 0.237. The Morgan fingerprint density at radius 3 is 2.92 bits per heavy atom. The molecule has 0 saturated heterocycles. The average Bonchev–Trinajstić information content (AvgIpc) is 2.34. The maximum absolute atomic E-state index is 7.15. The first-order valence-corrected chi connectivity index (χ1v) is 5.01. The number of hydrogen-bond donors (Lipinski definition) is 2. The number of amidine groups is 1. The molecule has 1 aromatic rings. The average molecular weight is 198 g/mol. The molecule has 13 heavy (non-hydrogen) atoms. The summed E-state index contributed by atoms with van der Waals surface area (Å²) in [6.07, 6.45) is 2.30. The normalized spacial score (nSPS) is 12.8. The summed E-state index contributed by atoms with van der Waals surface area (Å²) < 4.78 is 5.16. The second kappa shape index (κ2) is 4.37. The van der Waals surface area contributed by atoms with Crippen LogP contribution in [0.1, 0.15) is 19.1 Å². The second-order valence-corrected chi connectivity index (χ2v) is 4.48. The van der Waals surface area contributed by atoms with E-state index >= 15 is 0 Å². The predicted molar refractivity (Wildman–Crippen MR) is 55.3 cm³/mol. The smallest absolute Gasteiger partial charge is 0.114 e. The number of rotatable bonds is 4. The number of thioether (sulfide) groups is 1. The highest BCUT2D eigenvalue weighted by Gasteiger charge is 2.09. The summed E-state index contributed by atoms with van der Waals surface area (Å²) in [6.45, 7) is 3.99. The quantitative estimate of drug-likeness (QED) is 0.443. The number of aryl methyl sites for hydroxylation is 1. The van der Waals surface area contributed by atoms with E-state index in [1.54, 1.807) is 18.0 Å². The van der Waals surface area contributed by atoms with Crippen LogP contribution in [-0.4, -0.2) is 11.1 Å². The molecular weight excluding hydrogens is 184 g/mol. The van der Waals surface area contributed by atoms with Crippen LogP contribution in [0.4, 0.5) is 0 Å². The van der Waals surface area contributed by atoms with Crippen molar-refractivity contribution in [3.05, 3.63) is 18.1 Å². The van der Waals surface area contributed by atoms with Crippen LogP contribution < -0.4 is 5.73 Å². The molecule has 3 N–H and O–H groups in total. The van der Waals surface area contributed by atoms with Crippen molar-refractivity contribution in [2.24, 2.45) is 5.73 Å². The molecule has 0 amide bonds. The number of furan rings is 1. The first-order valence-electron chi connectivity index (χ1n) is 4.13. The van der Waals surface area contributed by atoms with Gasteiger partial charge in [0.2, 0.25) is 0 Å². The summed E-state index contributed by atoms with van der Waals surface area (Å²) in [7, 11) is 0. The Kier molecular flexibility index (Phi) is 3.42. The molecule has 0 spiro atoms. The standard InChI is InChI=1S/C9H14N2OS/c1-6(5-9(10)11)13-8-3-4-12-7(8)2/h3-4,6H,5H2,1-2H3,(H3,10,11). The molecule has 1 heterocycles. The molecule has 1 rings (SSSR count). The van der Waals surface area contributed by atoms with Crippen LogP contribution in [-0.2, 0) is 0 Å². The van der Waals surface area contributed by atoms with Gasteiger partial charge in [-0.1, -0.05) is 6.92 Å². The summed E-state index contributed by atoms with van der Waals surface area (Å²) in [5.74, 6) is 1.17. The van der Waals surface area contributed by atoms with E-state index in [1.807, 2.05) is 13.0 Å². The minimum absolute atomic E-state index is 0.237. The van der Waals surface area contributed by atoms with Crippen LogP contribution in [0.25, 0.3) is 0 Å². The molecule has 0 radical (unpaired) electrons. The number of nitrogens with two attached hydrogens (primary N) is 1. The van der Waals surface area contributed by atoms with Crippen molar-refractivity contribution in [3.8, 4) is 0 Å². The van der Waals surface area contributed by atoms with E-state index in [4.69, 9.17) is 15.6 Å². The molecule has 1 aromatic heterocycles. The van der Waals surface area contributed by atoms with E-state index in [0.717, 1.165) is 10.7 Å². The Balaban J connectivity index is 2.49. The molecule has 4 heteroatoms. The zero-order chi connectivity index (χ0) is 9.84. The van der Waals surface area contributed by atoms with E-state index in [0.29, 0.717) is 11.7 Å². The van der Waals surface area contributed by atoms with Crippen LogP contribution in [0.2, 0.25) is 0 Å². The lowest BCUT2D eigenvalue weighted by Gasteiger charge is -2.08. The van der Waals surface area contributed by atoms with Gasteiger partial charge in [0, 0.05) is 16.6 Å². The Labute approximate surface area is 82.2 Å². The van der Waals surface area contributed by atoms with E-state index in [-0.39, 0.29) is 5.84 Å². The highest BCUT2D eigenvalue weighted by atomic mass is 32.2. The monoisotopic (exact) mass is 198 g/mol. The van der Waals surface area contributed by atoms with E-state index in [1.165, 1.54) is 0 Å². The molecule has 0 fully saturated rings. The van der Waals surface area contributed by atoms with Crippen molar-refractivity contribution in [3.63, 3.8) is 0 Å².